The summed E-state index contributed by atoms with van der Waals surface area (Å²) in [4.78, 5) is 20.1. The molecule has 0 atom stereocenters. The maximum absolute atomic E-state index is 11.9. The number of carbonyl (C=O) groups is 1. The van der Waals surface area contributed by atoms with E-state index >= 15 is 0 Å². The topological polar surface area (TPSA) is 90.1 Å². The molecular weight excluding hydrogens is 288 g/mol. The predicted molar refractivity (Wildman–Crippen MR) is 83.4 cm³/mol. The third kappa shape index (κ3) is 4.64. The van der Waals surface area contributed by atoms with E-state index in [-0.39, 0.29) is 5.91 Å². The summed E-state index contributed by atoms with van der Waals surface area (Å²) in [7, 11) is 1.55. The molecule has 0 unspecified atom stereocenters. The Morgan fingerprint density at radius 3 is 2.86 bits per heavy atom. The first kappa shape index (κ1) is 15.1. The first-order chi connectivity index (χ1) is 10.2. The molecule has 1 heterocycles. The molecule has 0 radical (unpaired) electrons. The number of benzene rings is 1. The zero-order valence-electron chi connectivity index (χ0n) is 11.6. The number of nitrogens with one attached hydrogen (secondary N) is 1. The normalized spacial score (nSPS) is 10.1. The molecule has 7 heteroatoms. The number of anilines is 2. The monoisotopic (exact) mass is 304 g/mol. The highest BCUT2D eigenvalue weighted by Gasteiger charge is 2.08. The number of nitrogens with two attached hydrogens (primary N) is 1. The van der Waals surface area contributed by atoms with Gasteiger partial charge >= 0.3 is 0 Å². The number of nitrogen functional groups attached to an aromatic ring is 1. The van der Waals surface area contributed by atoms with E-state index in [2.05, 4.69) is 15.3 Å². The molecule has 0 fully saturated rings. The van der Waals surface area contributed by atoms with Crippen molar-refractivity contribution >= 4 is 29.0 Å². The van der Waals surface area contributed by atoms with Gasteiger partial charge in [-0.1, -0.05) is 11.8 Å². The van der Waals surface area contributed by atoms with E-state index in [0.29, 0.717) is 34.5 Å². The van der Waals surface area contributed by atoms with Crippen LogP contribution in [0.2, 0.25) is 0 Å². The van der Waals surface area contributed by atoms with Crippen molar-refractivity contribution in [1.82, 2.24) is 9.97 Å². The zero-order valence-corrected chi connectivity index (χ0v) is 12.4. The number of thioether (sulfide) groups is 1. The number of rotatable bonds is 6. The summed E-state index contributed by atoms with van der Waals surface area (Å²) in [5.41, 5.74) is 6.85. The lowest BCUT2D eigenvalue weighted by Crippen LogP contribution is -2.13. The van der Waals surface area contributed by atoms with Gasteiger partial charge in [0, 0.05) is 30.3 Å². The van der Waals surface area contributed by atoms with E-state index in [9.17, 15) is 4.79 Å². The van der Waals surface area contributed by atoms with Crippen LogP contribution in [0.4, 0.5) is 11.4 Å². The second-order valence-electron chi connectivity index (χ2n) is 4.14. The minimum atomic E-state index is -0.109. The van der Waals surface area contributed by atoms with Gasteiger partial charge in [-0.05, 0) is 24.3 Å². The molecule has 6 nitrogen and oxygen atoms in total. The van der Waals surface area contributed by atoms with E-state index < -0.39 is 0 Å². The van der Waals surface area contributed by atoms with Crippen molar-refractivity contribution < 1.29 is 9.53 Å². The van der Waals surface area contributed by atoms with Crippen LogP contribution < -0.4 is 15.8 Å². The zero-order chi connectivity index (χ0) is 15.1. The SMILES string of the molecule is COc1ccc(N)cc1NC(=O)CCSc1ncccn1. The summed E-state index contributed by atoms with van der Waals surface area (Å²) in [6, 6.07) is 6.86. The number of hydrogen-bond acceptors (Lipinski definition) is 6. The molecule has 0 spiro atoms. The Bertz CT molecular complexity index is 607. The summed E-state index contributed by atoms with van der Waals surface area (Å²) >= 11 is 1.43. The number of aromatic nitrogens is 2. The fraction of sp³-hybridized carbons (Fsp3) is 0.214. The van der Waals surface area contributed by atoms with Crippen LogP contribution in [0.3, 0.4) is 0 Å². The second kappa shape index (κ2) is 7.49. The Morgan fingerprint density at radius 1 is 1.38 bits per heavy atom. The largest absolute Gasteiger partial charge is 0.495 e. The van der Waals surface area contributed by atoms with Gasteiger partial charge in [0.1, 0.15) is 5.75 Å². The van der Waals surface area contributed by atoms with Gasteiger partial charge in [0.05, 0.1) is 12.8 Å². The number of methoxy groups -OCH3 is 1. The molecule has 0 aliphatic heterocycles. The van der Waals surface area contributed by atoms with Gasteiger partial charge in [-0.2, -0.15) is 0 Å². The van der Waals surface area contributed by atoms with E-state index in [1.54, 1.807) is 43.8 Å². The Labute approximate surface area is 127 Å². The summed E-state index contributed by atoms with van der Waals surface area (Å²) in [6.07, 6.45) is 3.70. The van der Waals surface area contributed by atoms with Crippen LogP contribution >= 0.6 is 11.8 Å². The molecule has 0 aliphatic rings. The molecule has 2 rings (SSSR count). The van der Waals surface area contributed by atoms with Crippen molar-refractivity contribution in [1.29, 1.82) is 0 Å². The molecule has 0 saturated heterocycles. The minimum absolute atomic E-state index is 0.109. The summed E-state index contributed by atoms with van der Waals surface area (Å²) in [6.45, 7) is 0. The molecule has 1 amide bonds. The van der Waals surface area contributed by atoms with Crippen molar-refractivity contribution in [2.45, 2.75) is 11.6 Å². The third-order valence-corrected chi connectivity index (χ3v) is 3.48. The number of amides is 1. The van der Waals surface area contributed by atoms with E-state index in [1.807, 2.05) is 0 Å². The van der Waals surface area contributed by atoms with Gasteiger partial charge in [0.2, 0.25) is 5.91 Å². The minimum Gasteiger partial charge on any atom is -0.495 e. The van der Waals surface area contributed by atoms with E-state index in [0.717, 1.165) is 0 Å². The van der Waals surface area contributed by atoms with Crippen molar-refractivity contribution in [3.63, 3.8) is 0 Å². The maximum Gasteiger partial charge on any atom is 0.225 e. The highest BCUT2D eigenvalue weighted by atomic mass is 32.2. The lowest BCUT2D eigenvalue weighted by molar-refractivity contribution is -0.115. The quantitative estimate of drug-likeness (QED) is 0.483. The Hall–Kier alpha value is -2.28. The highest BCUT2D eigenvalue weighted by Crippen LogP contribution is 2.26. The Morgan fingerprint density at radius 2 is 2.14 bits per heavy atom. The third-order valence-electron chi connectivity index (χ3n) is 2.60. The van der Waals surface area contributed by atoms with E-state index in [4.69, 9.17) is 10.5 Å². The molecule has 0 aliphatic carbocycles. The molecule has 3 N–H and O–H groups in total. The van der Waals surface area contributed by atoms with Crippen molar-refractivity contribution in [2.75, 3.05) is 23.9 Å². The maximum atomic E-state index is 11.9. The van der Waals surface area contributed by atoms with Gasteiger partial charge in [-0.15, -0.1) is 0 Å². The number of carbonyl (C=O) groups excluding carboxylic acids is 1. The Kier molecular flexibility index (Phi) is 5.39. The summed E-state index contributed by atoms with van der Waals surface area (Å²) in [5.74, 6) is 1.07. The first-order valence-corrected chi connectivity index (χ1v) is 7.31. The highest BCUT2D eigenvalue weighted by molar-refractivity contribution is 7.99. The van der Waals surface area contributed by atoms with Crippen LogP contribution in [0.15, 0.2) is 41.8 Å². The number of nitrogens with zero attached hydrogens (tertiary/aromatic N) is 2. The summed E-state index contributed by atoms with van der Waals surface area (Å²) < 4.78 is 5.18. The molecule has 0 saturated carbocycles. The van der Waals surface area contributed by atoms with Crippen LogP contribution in [0, 0.1) is 0 Å². The van der Waals surface area contributed by atoms with Crippen LogP contribution in [-0.2, 0) is 4.79 Å². The number of ether oxygens (including phenoxy) is 1. The van der Waals surface area contributed by atoms with Gasteiger partial charge < -0.3 is 15.8 Å². The molecule has 110 valence electrons. The second-order valence-corrected chi connectivity index (χ2v) is 5.20. The molecule has 1 aromatic carbocycles. The Balaban J connectivity index is 1.86. The molecule has 1 aromatic heterocycles. The van der Waals surface area contributed by atoms with Crippen LogP contribution in [-0.4, -0.2) is 28.7 Å². The fourth-order valence-corrected chi connectivity index (χ4v) is 2.37. The van der Waals surface area contributed by atoms with Crippen LogP contribution in [0.25, 0.3) is 0 Å². The van der Waals surface area contributed by atoms with E-state index in [1.165, 1.54) is 11.8 Å². The molecule has 21 heavy (non-hydrogen) atoms. The van der Waals surface area contributed by atoms with Gasteiger partial charge in [0.15, 0.2) is 5.16 Å². The molecule has 2 aromatic rings. The van der Waals surface area contributed by atoms with Gasteiger partial charge in [0.25, 0.3) is 0 Å². The van der Waals surface area contributed by atoms with Gasteiger partial charge in [-0.3, -0.25) is 4.79 Å². The van der Waals surface area contributed by atoms with Crippen molar-refractivity contribution in [3.8, 4) is 5.75 Å². The molecule has 0 bridgehead atoms. The lowest BCUT2D eigenvalue weighted by atomic mass is 10.2. The van der Waals surface area contributed by atoms with Crippen molar-refractivity contribution in [2.24, 2.45) is 0 Å². The smallest absolute Gasteiger partial charge is 0.225 e. The first-order valence-electron chi connectivity index (χ1n) is 6.32. The van der Waals surface area contributed by atoms with Gasteiger partial charge in [-0.25, -0.2) is 9.97 Å². The predicted octanol–water partition coefficient (Wildman–Crippen LogP) is 2.19. The van der Waals surface area contributed by atoms with Crippen LogP contribution in [0.1, 0.15) is 6.42 Å². The lowest BCUT2D eigenvalue weighted by Gasteiger charge is -2.10. The standard InChI is InChI=1S/C14H16N4O2S/c1-20-12-4-3-10(15)9-11(12)18-13(19)5-8-21-14-16-6-2-7-17-14/h2-4,6-7,9H,5,8,15H2,1H3,(H,18,19). The fourth-order valence-electron chi connectivity index (χ4n) is 1.63. The van der Waals surface area contributed by atoms with Crippen molar-refractivity contribution in [3.05, 3.63) is 36.7 Å². The summed E-state index contributed by atoms with van der Waals surface area (Å²) in [5, 5.41) is 3.45. The average Bonchev–Trinajstić information content (AvgIpc) is 2.48. The average molecular weight is 304 g/mol. The number of hydrogen-bond donors (Lipinski definition) is 2. The molecular formula is C14H16N4O2S. The van der Waals surface area contributed by atoms with Crippen LogP contribution in [0.5, 0.6) is 5.75 Å².